The first-order valence-corrected chi connectivity index (χ1v) is 6.20. The largest absolute Gasteiger partial charge is 0.481 e. The fraction of sp³-hybridized carbons (Fsp3) is 0.615. The van der Waals surface area contributed by atoms with Crippen LogP contribution in [0.3, 0.4) is 0 Å². The first kappa shape index (κ1) is 14.4. The van der Waals surface area contributed by atoms with Crippen molar-refractivity contribution in [2.45, 2.75) is 33.6 Å². The summed E-state index contributed by atoms with van der Waals surface area (Å²) in [4.78, 5) is 19.3. The number of hydrogen-bond donors (Lipinski definition) is 2. The van der Waals surface area contributed by atoms with Crippen LogP contribution in [0.5, 0.6) is 0 Å². The van der Waals surface area contributed by atoms with Crippen molar-refractivity contribution >= 4 is 11.8 Å². The molecule has 0 bridgehead atoms. The molecule has 5 nitrogen and oxygen atoms in total. The summed E-state index contributed by atoms with van der Waals surface area (Å²) in [6, 6.07) is 1.86. The molecule has 1 unspecified atom stereocenters. The van der Waals surface area contributed by atoms with Gasteiger partial charge < -0.3 is 10.4 Å². The molecule has 1 rings (SSSR count). The maximum atomic E-state index is 11.1. The van der Waals surface area contributed by atoms with Crippen LogP contribution in [-0.4, -0.2) is 27.6 Å². The van der Waals surface area contributed by atoms with Gasteiger partial charge in [0.25, 0.3) is 0 Å². The lowest BCUT2D eigenvalue weighted by atomic mass is 9.96. The third-order valence-corrected chi connectivity index (χ3v) is 2.90. The lowest BCUT2D eigenvalue weighted by molar-refractivity contribution is -0.142. The highest BCUT2D eigenvalue weighted by molar-refractivity contribution is 5.71. The van der Waals surface area contributed by atoms with Crippen LogP contribution in [0, 0.1) is 11.8 Å². The van der Waals surface area contributed by atoms with E-state index in [2.05, 4.69) is 29.1 Å². The number of carboxylic acids is 1. The minimum atomic E-state index is -0.782. The Morgan fingerprint density at radius 1 is 1.33 bits per heavy atom. The molecule has 1 atom stereocenters. The third kappa shape index (κ3) is 3.98. The van der Waals surface area contributed by atoms with Crippen molar-refractivity contribution in [3.05, 3.63) is 18.1 Å². The van der Waals surface area contributed by atoms with E-state index in [-0.39, 0.29) is 5.92 Å². The van der Waals surface area contributed by atoms with Crippen molar-refractivity contribution in [3.8, 4) is 0 Å². The van der Waals surface area contributed by atoms with Gasteiger partial charge in [-0.05, 0) is 11.8 Å². The van der Waals surface area contributed by atoms with Gasteiger partial charge in [0, 0.05) is 18.3 Å². The molecule has 0 amide bonds. The Morgan fingerprint density at radius 3 is 2.50 bits per heavy atom. The number of nitrogens with zero attached hydrogens (tertiary/aromatic N) is 2. The van der Waals surface area contributed by atoms with Crippen molar-refractivity contribution in [1.82, 2.24) is 9.97 Å². The van der Waals surface area contributed by atoms with E-state index in [1.807, 2.05) is 19.9 Å². The lowest BCUT2D eigenvalue weighted by Crippen LogP contribution is -2.27. The molecule has 0 aliphatic carbocycles. The fourth-order valence-corrected chi connectivity index (χ4v) is 1.61. The molecular formula is C13H21N3O2. The summed E-state index contributed by atoms with van der Waals surface area (Å²) < 4.78 is 0. The molecule has 5 heteroatoms. The van der Waals surface area contributed by atoms with E-state index in [1.165, 1.54) is 6.33 Å². The molecule has 0 saturated heterocycles. The molecule has 18 heavy (non-hydrogen) atoms. The molecular weight excluding hydrogens is 230 g/mol. The lowest BCUT2D eigenvalue weighted by Gasteiger charge is -2.17. The predicted octanol–water partition coefficient (Wildman–Crippen LogP) is 2.37. The van der Waals surface area contributed by atoms with E-state index in [0.717, 1.165) is 5.69 Å². The SMILES string of the molecule is CC(C)c1cc(NCC(C(=O)O)C(C)C)ncn1. The summed E-state index contributed by atoms with van der Waals surface area (Å²) >= 11 is 0. The first-order valence-electron chi connectivity index (χ1n) is 6.20. The van der Waals surface area contributed by atoms with Gasteiger partial charge in [-0.25, -0.2) is 9.97 Å². The number of nitrogens with one attached hydrogen (secondary N) is 1. The number of hydrogen-bond acceptors (Lipinski definition) is 4. The van der Waals surface area contributed by atoms with Gasteiger partial charge in [0.2, 0.25) is 0 Å². The Morgan fingerprint density at radius 2 is 2.00 bits per heavy atom. The minimum absolute atomic E-state index is 0.0846. The topological polar surface area (TPSA) is 75.1 Å². The van der Waals surface area contributed by atoms with Crippen molar-refractivity contribution in [2.75, 3.05) is 11.9 Å². The van der Waals surface area contributed by atoms with Crippen LogP contribution in [0.15, 0.2) is 12.4 Å². The highest BCUT2D eigenvalue weighted by Crippen LogP contribution is 2.16. The standard InChI is InChI=1S/C13H21N3O2/c1-8(2)10(13(17)18)6-14-12-5-11(9(3)4)15-7-16-12/h5,7-10H,6H2,1-4H3,(H,17,18)(H,14,15,16). The Balaban J connectivity index is 2.67. The summed E-state index contributed by atoms with van der Waals surface area (Å²) in [7, 11) is 0. The van der Waals surface area contributed by atoms with Crippen LogP contribution in [-0.2, 0) is 4.79 Å². The predicted molar refractivity (Wildman–Crippen MR) is 70.6 cm³/mol. The Bertz CT molecular complexity index is 405. The molecule has 0 radical (unpaired) electrons. The van der Waals surface area contributed by atoms with Gasteiger partial charge in [-0.1, -0.05) is 27.7 Å². The third-order valence-electron chi connectivity index (χ3n) is 2.90. The second-order valence-electron chi connectivity index (χ2n) is 5.05. The van der Waals surface area contributed by atoms with Crippen LogP contribution in [0.1, 0.15) is 39.3 Å². The monoisotopic (exact) mass is 251 g/mol. The van der Waals surface area contributed by atoms with Crippen LogP contribution < -0.4 is 5.32 Å². The van der Waals surface area contributed by atoms with Crippen LogP contribution in [0.2, 0.25) is 0 Å². The number of rotatable bonds is 6. The van der Waals surface area contributed by atoms with Gasteiger partial charge >= 0.3 is 5.97 Å². The second kappa shape index (κ2) is 6.33. The summed E-state index contributed by atoms with van der Waals surface area (Å²) in [5.74, 6) is -0.103. The molecule has 0 saturated carbocycles. The number of carbonyl (C=O) groups is 1. The molecule has 1 heterocycles. The maximum Gasteiger partial charge on any atom is 0.308 e. The first-order chi connectivity index (χ1) is 8.41. The van der Waals surface area contributed by atoms with E-state index < -0.39 is 11.9 Å². The number of aliphatic carboxylic acids is 1. The van der Waals surface area contributed by atoms with Gasteiger partial charge in [0.15, 0.2) is 0 Å². The van der Waals surface area contributed by atoms with E-state index in [9.17, 15) is 4.79 Å². The second-order valence-corrected chi connectivity index (χ2v) is 5.05. The highest BCUT2D eigenvalue weighted by atomic mass is 16.4. The average molecular weight is 251 g/mol. The molecule has 1 aromatic rings. The molecule has 2 N–H and O–H groups in total. The highest BCUT2D eigenvalue weighted by Gasteiger charge is 2.21. The molecule has 1 aromatic heterocycles. The van der Waals surface area contributed by atoms with Crippen LogP contribution >= 0.6 is 0 Å². The Labute approximate surface area is 108 Å². The zero-order chi connectivity index (χ0) is 13.7. The van der Waals surface area contributed by atoms with Crippen LogP contribution in [0.4, 0.5) is 5.82 Å². The van der Waals surface area contributed by atoms with Gasteiger partial charge in [-0.2, -0.15) is 0 Å². The van der Waals surface area contributed by atoms with E-state index in [1.54, 1.807) is 0 Å². The normalized spacial score (nSPS) is 12.8. The van der Waals surface area contributed by atoms with E-state index in [0.29, 0.717) is 18.3 Å². The summed E-state index contributed by atoms with van der Waals surface area (Å²) in [6.45, 7) is 8.29. The molecule has 0 aromatic carbocycles. The van der Waals surface area contributed by atoms with Gasteiger partial charge in [0.1, 0.15) is 12.1 Å². The number of anilines is 1. The van der Waals surface area contributed by atoms with Crippen molar-refractivity contribution in [3.63, 3.8) is 0 Å². The Hall–Kier alpha value is -1.65. The molecule has 0 spiro atoms. The smallest absolute Gasteiger partial charge is 0.308 e. The van der Waals surface area contributed by atoms with Crippen molar-refractivity contribution in [1.29, 1.82) is 0 Å². The van der Waals surface area contributed by atoms with E-state index in [4.69, 9.17) is 5.11 Å². The zero-order valence-electron chi connectivity index (χ0n) is 11.3. The molecule has 100 valence electrons. The summed E-state index contributed by atoms with van der Waals surface area (Å²) in [5, 5.41) is 12.2. The van der Waals surface area contributed by atoms with E-state index >= 15 is 0 Å². The van der Waals surface area contributed by atoms with Crippen molar-refractivity contribution < 1.29 is 9.90 Å². The number of carboxylic acid groups (broad SMARTS) is 1. The Kier molecular flexibility index (Phi) is 5.07. The molecule has 0 fully saturated rings. The zero-order valence-corrected chi connectivity index (χ0v) is 11.3. The average Bonchev–Trinajstić information content (AvgIpc) is 2.28. The summed E-state index contributed by atoms with van der Waals surface area (Å²) in [6.07, 6.45) is 1.50. The molecule has 0 aliphatic rings. The fourth-order valence-electron chi connectivity index (χ4n) is 1.61. The molecule has 0 aliphatic heterocycles. The maximum absolute atomic E-state index is 11.1. The van der Waals surface area contributed by atoms with Gasteiger partial charge in [-0.3, -0.25) is 4.79 Å². The minimum Gasteiger partial charge on any atom is -0.481 e. The quantitative estimate of drug-likeness (QED) is 0.811. The van der Waals surface area contributed by atoms with Gasteiger partial charge in [-0.15, -0.1) is 0 Å². The van der Waals surface area contributed by atoms with Crippen molar-refractivity contribution in [2.24, 2.45) is 11.8 Å². The van der Waals surface area contributed by atoms with Crippen LogP contribution in [0.25, 0.3) is 0 Å². The summed E-state index contributed by atoms with van der Waals surface area (Å²) in [5.41, 5.74) is 0.948. The van der Waals surface area contributed by atoms with Gasteiger partial charge in [0.05, 0.1) is 5.92 Å². The number of aromatic nitrogens is 2.